The van der Waals surface area contributed by atoms with Crippen LogP contribution in [0.2, 0.25) is 0 Å². The third-order valence-electron chi connectivity index (χ3n) is 12.9. The topological polar surface area (TPSA) is 61.4 Å². The Morgan fingerprint density at radius 1 is 0.433 bits per heavy atom. The Morgan fingerprint density at radius 2 is 1.02 bits per heavy atom. The fraction of sp³-hybridized carbons (Fsp3) is 0.0741. The highest BCUT2D eigenvalue weighted by Crippen LogP contribution is 2.45. The molecule has 0 saturated heterocycles. The highest BCUT2D eigenvalue weighted by Gasteiger charge is 2.27. The summed E-state index contributed by atoms with van der Waals surface area (Å²) in [4.78, 5) is 19.0. The van der Waals surface area contributed by atoms with Crippen molar-refractivity contribution in [2.75, 3.05) is 0 Å². The Labute approximate surface area is 345 Å². The zero-order valence-corrected chi connectivity index (χ0v) is 32.7. The maximum absolute atomic E-state index is 5.12. The van der Waals surface area contributed by atoms with Gasteiger partial charge in [-0.3, -0.25) is 9.97 Å². The van der Waals surface area contributed by atoms with Crippen LogP contribution in [0, 0.1) is 0 Å². The number of para-hydroxylation sites is 2. The van der Waals surface area contributed by atoms with E-state index in [1.807, 2.05) is 24.8 Å². The molecule has 0 aliphatic heterocycles. The molecule has 5 aromatic carbocycles. The minimum atomic E-state index is 0.928. The summed E-state index contributed by atoms with van der Waals surface area (Å²) in [6.07, 6.45) is 13.8. The van der Waals surface area contributed by atoms with E-state index < -0.39 is 0 Å². The minimum absolute atomic E-state index is 0.928. The first-order valence-electron chi connectivity index (χ1n) is 20.8. The molecule has 2 aliphatic carbocycles. The number of nitrogens with zero attached hydrogens (tertiary/aromatic N) is 6. The smallest absolute Gasteiger partial charge is 0.0709 e. The molecule has 2 aliphatic rings. The van der Waals surface area contributed by atoms with Gasteiger partial charge in [0.25, 0.3) is 0 Å². The van der Waals surface area contributed by atoms with Gasteiger partial charge >= 0.3 is 0 Å². The van der Waals surface area contributed by atoms with Crippen molar-refractivity contribution in [3.05, 3.63) is 192 Å². The summed E-state index contributed by atoms with van der Waals surface area (Å²) in [5.74, 6) is 0. The maximum atomic E-state index is 5.12. The second kappa shape index (κ2) is 12.9. The van der Waals surface area contributed by atoms with Crippen molar-refractivity contribution >= 4 is 66.2 Å². The van der Waals surface area contributed by atoms with Crippen LogP contribution in [-0.2, 0) is 19.3 Å². The molecule has 0 amide bonds. The fourth-order valence-corrected chi connectivity index (χ4v) is 10.0. The van der Waals surface area contributed by atoms with Crippen molar-refractivity contribution in [1.29, 1.82) is 0 Å². The van der Waals surface area contributed by atoms with E-state index in [-0.39, 0.29) is 0 Å². The van der Waals surface area contributed by atoms with Crippen molar-refractivity contribution in [2.45, 2.75) is 25.7 Å². The Hall–Kier alpha value is -7.70. The minimum Gasteiger partial charge on any atom is -0.313 e. The van der Waals surface area contributed by atoms with Crippen molar-refractivity contribution < 1.29 is 0 Å². The van der Waals surface area contributed by atoms with Gasteiger partial charge in [0.1, 0.15) is 0 Å². The molecule has 6 nitrogen and oxygen atoms in total. The summed E-state index contributed by atoms with van der Waals surface area (Å²) in [7, 11) is 0. The Balaban J connectivity index is 1.02. The number of rotatable bonds is 4. The molecule has 6 heteroatoms. The van der Waals surface area contributed by atoms with Gasteiger partial charge in [0.15, 0.2) is 0 Å². The molecule has 60 heavy (non-hydrogen) atoms. The average molecular weight is 769 g/mol. The lowest BCUT2D eigenvalue weighted by atomic mass is 9.83. The summed E-state index contributed by atoms with van der Waals surface area (Å²) in [6, 6.07) is 50.6. The van der Waals surface area contributed by atoms with Crippen LogP contribution in [0.5, 0.6) is 0 Å². The van der Waals surface area contributed by atoms with E-state index in [0.29, 0.717) is 0 Å². The van der Waals surface area contributed by atoms with E-state index in [1.54, 1.807) is 0 Å². The molecule has 0 unspecified atom stereocenters. The third kappa shape index (κ3) is 5.07. The van der Waals surface area contributed by atoms with Crippen molar-refractivity contribution in [3.8, 4) is 33.8 Å². The van der Waals surface area contributed by atoms with Crippen LogP contribution in [0.25, 0.3) is 99.9 Å². The normalized spacial score (nSPS) is 13.5. The quantitative estimate of drug-likeness (QED) is 0.179. The van der Waals surface area contributed by atoms with Gasteiger partial charge in [-0.25, -0.2) is 9.97 Å². The van der Waals surface area contributed by atoms with Crippen LogP contribution in [0.15, 0.2) is 164 Å². The molecule has 0 fully saturated rings. The highest BCUT2D eigenvalue weighted by atomic mass is 15.0. The van der Waals surface area contributed by atoms with Crippen molar-refractivity contribution in [2.24, 2.45) is 0 Å². The van der Waals surface area contributed by atoms with E-state index in [0.717, 1.165) is 70.4 Å². The molecule has 0 saturated carbocycles. The van der Waals surface area contributed by atoms with Crippen LogP contribution in [0.3, 0.4) is 0 Å². The first kappa shape index (κ1) is 33.3. The number of fused-ring (bicyclic) bond motifs is 11. The lowest BCUT2D eigenvalue weighted by Gasteiger charge is -2.21. The van der Waals surface area contributed by atoms with Gasteiger partial charge in [-0.05, 0) is 145 Å². The van der Waals surface area contributed by atoms with Crippen LogP contribution in [0.1, 0.15) is 34.5 Å². The zero-order valence-electron chi connectivity index (χ0n) is 32.7. The van der Waals surface area contributed by atoms with E-state index in [4.69, 9.17) is 9.97 Å². The number of hydrogen-bond acceptors (Lipinski definition) is 4. The summed E-state index contributed by atoms with van der Waals surface area (Å²) in [6.45, 7) is 0. The standard InChI is InChI=1S/C54H36N6/c1-3-7-47-33(5-1)11-15-49(57-47)37-13-17-51-43(29-37)45-27-35-9-10-36-28-46-44-30-38(50-16-12-34-6-2-4-8-48(34)58-50)14-18-52(44)60(40-21-25-56-26-22-40)54(46)32-42(36)41(35)31-53(45)59(51)39-19-23-55-24-20-39/h1-8,11-13,15-17,19-32H,9-10,14,18H2. The number of pyridine rings is 4. The molecule has 0 N–H and O–H groups in total. The average Bonchev–Trinajstić information content (AvgIpc) is 3.81. The Morgan fingerprint density at radius 3 is 1.72 bits per heavy atom. The number of benzene rings is 5. The zero-order chi connectivity index (χ0) is 39.3. The molecule has 6 heterocycles. The van der Waals surface area contributed by atoms with Crippen molar-refractivity contribution in [1.82, 2.24) is 29.1 Å². The number of aromatic nitrogens is 6. The van der Waals surface area contributed by atoms with Gasteiger partial charge < -0.3 is 9.13 Å². The van der Waals surface area contributed by atoms with Gasteiger partial charge in [-0.2, -0.15) is 0 Å². The highest BCUT2D eigenvalue weighted by molar-refractivity contribution is 6.12. The van der Waals surface area contributed by atoms with E-state index in [2.05, 4.69) is 165 Å². The van der Waals surface area contributed by atoms with E-state index in [9.17, 15) is 0 Å². The molecule has 13 rings (SSSR count). The number of hydrogen-bond donors (Lipinski definition) is 0. The molecular weight excluding hydrogens is 733 g/mol. The maximum Gasteiger partial charge on any atom is 0.0709 e. The summed E-state index contributed by atoms with van der Waals surface area (Å²) >= 11 is 0. The van der Waals surface area contributed by atoms with E-state index >= 15 is 0 Å². The Bertz CT molecular complexity index is 3600. The van der Waals surface area contributed by atoms with Gasteiger partial charge in [0.05, 0.1) is 39.0 Å². The number of allylic oxidation sites excluding steroid dienone is 1. The number of aryl methyl sites for hydroxylation is 2. The van der Waals surface area contributed by atoms with Crippen LogP contribution >= 0.6 is 0 Å². The van der Waals surface area contributed by atoms with Gasteiger partial charge in [0, 0.05) is 79.9 Å². The SMILES string of the molecule is C1=C(c2ccc3ccccc3n2)CCc2c1c1cc3c(cc1n2-c1ccncc1)-c1cc2c(cc1CC3)c1cc(-c3ccc4ccccc4n3)ccc1n2-c1ccncc1. The molecular formula is C54H36N6. The van der Waals surface area contributed by atoms with Gasteiger partial charge in [-0.1, -0.05) is 54.6 Å². The molecule has 0 spiro atoms. The molecule has 0 radical (unpaired) electrons. The van der Waals surface area contributed by atoms with Gasteiger partial charge in [-0.15, -0.1) is 0 Å². The lowest BCUT2D eigenvalue weighted by molar-refractivity contribution is 0.893. The van der Waals surface area contributed by atoms with Crippen LogP contribution in [-0.4, -0.2) is 29.1 Å². The molecule has 0 atom stereocenters. The third-order valence-corrected chi connectivity index (χ3v) is 12.9. The molecule has 6 aromatic heterocycles. The molecule has 0 bridgehead atoms. The van der Waals surface area contributed by atoms with E-state index in [1.165, 1.54) is 77.2 Å². The predicted octanol–water partition coefficient (Wildman–Crippen LogP) is 12.5. The summed E-state index contributed by atoms with van der Waals surface area (Å²) in [5, 5.41) is 6.09. The first-order chi connectivity index (χ1) is 29.7. The van der Waals surface area contributed by atoms with Gasteiger partial charge in [0.2, 0.25) is 0 Å². The monoisotopic (exact) mass is 768 g/mol. The summed E-state index contributed by atoms with van der Waals surface area (Å²) < 4.78 is 4.89. The Kier molecular flexibility index (Phi) is 7.16. The van der Waals surface area contributed by atoms with Crippen LogP contribution < -0.4 is 0 Å². The first-order valence-corrected chi connectivity index (χ1v) is 20.8. The van der Waals surface area contributed by atoms with Crippen LogP contribution in [0.4, 0.5) is 0 Å². The molecule has 282 valence electrons. The predicted molar refractivity (Wildman–Crippen MR) is 245 cm³/mol. The lowest BCUT2D eigenvalue weighted by Crippen LogP contribution is -2.06. The molecule has 11 aromatic rings. The fourth-order valence-electron chi connectivity index (χ4n) is 10.0. The summed E-state index contributed by atoms with van der Waals surface area (Å²) in [5.41, 5.74) is 20.3. The second-order valence-corrected chi connectivity index (χ2v) is 16.2. The van der Waals surface area contributed by atoms with Crippen molar-refractivity contribution in [3.63, 3.8) is 0 Å². The second-order valence-electron chi connectivity index (χ2n) is 16.2. The largest absolute Gasteiger partial charge is 0.313 e.